The van der Waals surface area contributed by atoms with Crippen molar-refractivity contribution in [2.45, 2.75) is 64.0 Å². The molecule has 0 heterocycles. The van der Waals surface area contributed by atoms with Crippen molar-refractivity contribution in [3.8, 4) is 0 Å². The topological polar surface area (TPSA) is 46.3 Å². The summed E-state index contributed by atoms with van der Waals surface area (Å²) in [6.07, 6.45) is 7.80. The molecule has 0 saturated heterocycles. The van der Waals surface area contributed by atoms with Crippen molar-refractivity contribution in [1.82, 2.24) is 4.90 Å². The lowest BCUT2D eigenvalue weighted by Crippen LogP contribution is -2.45. The first-order chi connectivity index (χ1) is 7.16. The molecule has 0 spiro atoms. The number of amides is 1. The highest BCUT2D eigenvalue weighted by molar-refractivity contribution is 5.81. The lowest BCUT2D eigenvalue weighted by molar-refractivity contribution is -0.133. The Bertz CT molecular complexity index is 200. The second-order valence-corrected chi connectivity index (χ2v) is 4.64. The van der Waals surface area contributed by atoms with Gasteiger partial charge in [-0.25, -0.2) is 0 Å². The van der Waals surface area contributed by atoms with Crippen LogP contribution in [0.25, 0.3) is 0 Å². The van der Waals surface area contributed by atoms with Gasteiger partial charge in [-0.1, -0.05) is 32.6 Å². The quantitative estimate of drug-likeness (QED) is 0.756. The van der Waals surface area contributed by atoms with Gasteiger partial charge in [-0.2, -0.15) is 0 Å². The molecule has 0 aromatic carbocycles. The summed E-state index contributed by atoms with van der Waals surface area (Å²) in [5, 5.41) is 0. The molecular formula is C12H24N2O. The highest BCUT2D eigenvalue weighted by atomic mass is 16.2. The predicted molar refractivity (Wildman–Crippen MR) is 62.5 cm³/mol. The van der Waals surface area contributed by atoms with Gasteiger partial charge in [0.1, 0.15) is 0 Å². The maximum Gasteiger partial charge on any atom is 0.239 e. The van der Waals surface area contributed by atoms with Crippen LogP contribution in [0.2, 0.25) is 0 Å². The summed E-state index contributed by atoms with van der Waals surface area (Å²) in [6.45, 7) is 2.12. The number of carbonyl (C=O) groups excluding carboxylic acids is 1. The summed E-state index contributed by atoms with van der Waals surface area (Å²) in [5.74, 6) is 0.135. The summed E-state index contributed by atoms with van der Waals surface area (Å²) >= 11 is 0. The Labute approximate surface area is 93.0 Å². The van der Waals surface area contributed by atoms with Gasteiger partial charge in [0.15, 0.2) is 0 Å². The van der Waals surface area contributed by atoms with Gasteiger partial charge in [0.05, 0.1) is 6.04 Å². The Morgan fingerprint density at radius 2 is 2.07 bits per heavy atom. The monoisotopic (exact) mass is 212 g/mol. The SMILES string of the molecule is CCCC[C@H](N)C(=O)N(C)C1CCCC1. The molecule has 0 radical (unpaired) electrons. The molecule has 1 aliphatic carbocycles. The minimum Gasteiger partial charge on any atom is -0.341 e. The third kappa shape index (κ3) is 3.49. The zero-order chi connectivity index (χ0) is 11.3. The summed E-state index contributed by atoms with van der Waals surface area (Å²) in [7, 11) is 1.91. The summed E-state index contributed by atoms with van der Waals surface area (Å²) < 4.78 is 0. The maximum absolute atomic E-state index is 11.9. The molecule has 1 fully saturated rings. The molecule has 2 N–H and O–H groups in total. The minimum atomic E-state index is -0.282. The number of likely N-dealkylation sites (N-methyl/N-ethyl adjacent to an activating group) is 1. The van der Waals surface area contributed by atoms with Crippen LogP contribution in [-0.4, -0.2) is 29.9 Å². The standard InChI is InChI=1S/C12H24N2O/c1-3-4-9-11(13)12(15)14(2)10-7-5-6-8-10/h10-11H,3-9,13H2,1-2H3/t11-/m0/s1. The van der Waals surface area contributed by atoms with E-state index in [1.807, 2.05) is 11.9 Å². The number of nitrogens with two attached hydrogens (primary N) is 1. The van der Waals surface area contributed by atoms with Crippen molar-refractivity contribution in [3.63, 3.8) is 0 Å². The molecule has 88 valence electrons. The number of rotatable bonds is 5. The molecule has 0 aliphatic heterocycles. The lowest BCUT2D eigenvalue weighted by Gasteiger charge is -2.27. The van der Waals surface area contributed by atoms with Crippen LogP contribution in [0.1, 0.15) is 51.9 Å². The number of hydrogen-bond donors (Lipinski definition) is 1. The Kier molecular flexibility index (Phi) is 5.09. The molecule has 0 aromatic rings. The number of unbranched alkanes of at least 4 members (excludes halogenated alkanes) is 1. The van der Waals surface area contributed by atoms with E-state index in [0.717, 1.165) is 32.1 Å². The van der Waals surface area contributed by atoms with E-state index in [-0.39, 0.29) is 11.9 Å². The number of hydrogen-bond acceptors (Lipinski definition) is 2. The maximum atomic E-state index is 11.9. The first-order valence-electron chi connectivity index (χ1n) is 6.19. The Morgan fingerprint density at radius 1 is 1.47 bits per heavy atom. The van der Waals surface area contributed by atoms with E-state index in [4.69, 9.17) is 5.73 Å². The molecule has 0 bridgehead atoms. The molecule has 1 saturated carbocycles. The predicted octanol–water partition coefficient (Wildman–Crippen LogP) is 1.90. The van der Waals surface area contributed by atoms with Gasteiger partial charge < -0.3 is 10.6 Å². The van der Waals surface area contributed by atoms with Crippen molar-refractivity contribution in [1.29, 1.82) is 0 Å². The molecule has 1 rings (SSSR count). The van der Waals surface area contributed by atoms with Gasteiger partial charge >= 0.3 is 0 Å². The van der Waals surface area contributed by atoms with Gasteiger partial charge in [-0.3, -0.25) is 4.79 Å². The van der Waals surface area contributed by atoms with E-state index in [1.54, 1.807) is 0 Å². The number of carbonyl (C=O) groups is 1. The van der Waals surface area contributed by atoms with Crippen LogP contribution < -0.4 is 5.73 Å². The van der Waals surface area contributed by atoms with Crippen molar-refractivity contribution in [2.24, 2.45) is 5.73 Å². The molecule has 1 amide bonds. The Hall–Kier alpha value is -0.570. The molecular weight excluding hydrogens is 188 g/mol. The highest BCUT2D eigenvalue weighted by Gasteiger charge is 2.26. The van der Waals surface area contributed by atoms with Crippen molar-refractivity contribution in [3.05, 3.63) is 0 Å². The van der Waals surface area contributed by atoms with Gasteiger partial charge in [0, 0.05) is 13.1 Å². The van der Waals surface area contributed by atoms with E-state index in [9.17, 15) is 4.79 Å². The van der Waals surface area contributed by atoms with Gasteiger partial charge in [0.25, 0.3) is 0 Å². The fraction of sp³-hybridized carbons (Fsp3) is 0.917. The Balaban J connectivity index is 2.36. The minimum absolute atomic E-state index is 0.135. The fourth-order valence-corrected chi connectivity index (χ4v) is 2.28. The van der Waals surface area contributed by atoms with Crippen molar-refractivity contribution >= 4 is 5.91 Å². The first kappa shape index (κ1) is 12.5. The van der Waals surface area contributed by atoms with Gasteiger partial charge in [-0.05, 0) is 19.3 Å². The van der Waals surface area contributed by atoms with Gasteiger partial charge in [-0.15, -0.1) is 0 Å². The van der Waals surface area contributed by atoms with Crippen LogP contribution in [0.5, 0.6) is 0 Å². The lowest BCUT2D eigenvalue weighted by atomic mass is 10.1. The zero-order valence-corrected chi connectivity index (χ0v) is 10.0. The smallest absolute Gasteiger partial charge is 0.239 e. The van der Waals surface area contributed by atoms with Gasteiger partial charge in [0.2, 0.25) is 5.91 Å². The molecule has 1 aliphatic rings. The second kappa shape index (κ2) is 6.11. The van der Waals surface area contributed by atoms with E-state index in [0.29, 0.717) is 6.04 Å². The van der Waals surface area contributed by atoms with Crippen molar-refractivity contribution in [2.75, 3.05) is 7.05 Å². The molecule has 0 aromatic heterocycles. The van der Waals surface area contributed by atoms with E-state index in [2.05, 4.69) is 6.92 Å². The molecule has 15 heavy (non-hydrogen) atoms. The summed E-state index contributed by atoms with van der Waals surface area (Å²) in [6, 6.07) is 0.167. The zero-order valence-electron chi connectivity index (χ0n) is 10.0. The molecule has 1 atom stereocenters. The molecule has 3 nitrogen and oxygen atoms in total. The largest absolute Gasteiger partial charge is 0.341 e. The van der Waals surface area contributed by atoms with E-state index >= 15 is 0 Å². The van der Waals surface area contributed by atoms with Crippen LogP contribution in [-0.2, 0) is 4.79 Å². The van der Waals surface area contributed by atoms with Crippen molar-refractivity contribution < 1.29 is 4.79 Å². The molecule has 3 heteroatoms. The fourth-order valence-electron chi connectivity index (χ4n) is 2.28. The summed E-state index contributed by atoms with van der Waals surface area (Å²) in [5.41, 5.74) is 5.88. The summed E-state index contributed by atoms with van der Waals surface area (Å²) in [4.78, 5) is 13.8. The van der Waals surface area contributed by atoms with E-state index in [1.165, 1.54) is 12.8 Å². The van der Waals surface area contributed by atoms with E-state index < -0.39 is 0 Å². The molecule has 0 unspecified atom stereocenters. The third-order valence-electron chi connectivity index (χ3n) is 3.41. The average Bonchev–Trinajstić information content (AvgIpc) is 2.77. The van der Waals surface area contributed by atoms with Crippen LogP contribution >= 0.6 is 0 Å². The second-order valence-electron chi connectivity index (χ2n) is 4.64. The van der Waals surface area contributed by atoms with Crippen LogP contribution in [0, 0.1) is 0 Å². The third-order valence-corrected chi connectivity index (χ3v) is 3.41. The van der Waals surface area contributed by atoms with Crippen LogP contribution in [0.3, 0.4) is 0 Å². The van der Waals surface area contributed by atoms with Crippen LogP contribution in [0.15, 0.2) is 0 Å². The first-order valence-corrected chi connectivity index (χ1v) is 6.19. The Morgan fingerprint density at radius 3 is 2.60 bits per heavy atom. The normalized spacial score (nSPS) is 19.1. The average molecular weight is 212 g/mol. The van der Waals surface area contributed by atoms with Crippen LogP contribution in [0.4, 0.5) is 0 Å². The highest BCUT2D eigenvalue weighted by Crippen LogP contribution is 2.22. The number of nitrogens with zero attached hydrogens (tertiary/aromatic N) is 1.